The van der Waals surface area contributed by atoms with E-state index in [-0.39, 0.29) is 12.2 Å². The van der Waals surface area contributed by atoms with E-state index in [1.165, 1.54) is 25.6 Å². The van der Waals surface area contributed by atoms with E-state index in [1.807, 2.05) is 0 Å². The molecule has 126 valence electrons. The second-order valence-electron chi connectivity index (χ2n) is 5.01. The molecule has 1 fully saturated rings. The van der Waals surface area contributed by atoms with E-state index in [0.29, 0.717) is 36.0 Å². The fourth-order valence-electron chi connectivity index (χ4n) is 2.24. The summed E-state index contributed by atoms with van der Waals surface area (Å²) in [5, 5.41) is 9.00. The van der Waals surface area contributed by atoms with Crippen LogP contribution in [0.5, 0.6) is 11.6 Å². The SMILES string of the molecule is COc1cc(C2OCCO2)c(OCc2cncc(C(=O)O)c2)cn1. The standard InChI is InChI=1S/C16H16N2O6/c1-21-14-5-12(16-22-2-3-23-16)13(8-18-14)24-9-10-4-11(15(19)20)7-17-6-10/h4-8,16H,2-3,9H2,1H3,(H,19,20). The molecule has 0 bridgehead atoms. The normalized spacial score (nSPS) is 14.5. The molecule has 2 aromatic heterocycles. The van der Waals surface area contributed by atoms with Crippen molar-refractivity contribution in [3.63, 3.8) is 0 Å². The molecule has 3 heterocycles. The number of methoxy groups -OCH3 is 1. The lowest BCUT2D eigenvalue weighted by Gasteiger charge is -2.16. The third kappa shape index (κ3) is 3.61. The zero-order valence-electron chi connectivity index (χ0n) is 13.0. The molecule has 8 heteroatoms. The largest absolute Gasteiger partial charge is 0.487 e. The number of nitrogens with zero attached hydrogens (tertiary/aromatic N) is 2. The fourth-order valence-corrected chi connectivity index (χ4v) is 2.24. The number of rotatable bonds is 6. The maximum atomic E-state index is 11.0. The van der Waals surface area contributed by atoms with Crippen LogP contribution in [-0.2, 0) is 16.1 Å². The van der Waals surface area contributed by atoms with Crippen LogP contribution in [0, 0.1) is 0 Å². The van der Waals surface area contributed by atoms with E-state index < -0.39 is 12.3 Å². The van der Waals surface area contributed by atoms with Crippen molar-refractivity contribution < 1.29 is 28.8 Å². The Hall–Kier alpha value is -2.71. The Labute approximate surface area is 138 Å². The Morgan fingerprint density at radius 3 is 2.79 bits per heavy atom. The number of carboxylic acids is 1. The molecule has 1 aliphatic heterocycles. The average Bonchev–Trinajstić information content (AvgIpc) is 3.14. The summed E-state index contributed by atoms with van der Waals surface area (Å²) in [7, 11) is 1.52. The third-order valence-corrected chi connectivity index (χ3v) is 3.39. The monoisotopic (exact) mass is 332 g/mol. The molecule has 24 heavy (non-hydrogen) atoms. The highest BCUT2D eigenvalue weighted by Gasteiger charge is 2.23. The van der Waals surface area contributed by atoms with Crippen molar-refractivity contribution in [2.24, 2.45) is 0 Å². The Balaban J connectivity index is 1.79. The van der Waals surface area contributed by atoms with Gasteiger partial charge in [0.15, 0.2) is 6.29 Å². The van der Waals surface area contributed by atoms with E-state index in [9.17, 15) is 4.79 Å². The maximum Gasteiger partial charge on any atom is 0.337 e. The topological polar surface area (TPSA) is 100 Å². The highest BCUT2D eigenvalue weighted by atomic mass is 16.7. The molecule has 1 aliphatic rings. The van der Waals surface area contributed by atoms with Gasteiger partial charge in [0.05, 0.1) is 37.6 Å². The molecule has 1 N–H and O–H groups in total. The number of aromatic carboxylic acids is 1. The number of hydrogen-bond donors (Lipinski definition) is 1. The van der Waals surface area contributed by atoms with Crippen molar-refractivity contribution in [1.29, 1.82) is 0 Å². The van der Waals surface area contributed by atoms with Crippen LogP contribution in [0.2, 0.25) is 0 Å². The second-order valence-corrected chi connectivity index (χ2v) is 5.01. The quantitative estimate of drug-likeness (QED) is 0.855. The molecule has 0 saturated carbocycles. The van der Waals surface area contributed by atoms with E-state index >= 15 is 0 Å². The lowest BCUT2D eigenvalue weighted by atomic mass is 10.2. The molecule has 1 saturated heterocycles. The van der Waals surface area contributed by atoms with Gasteiger partial charge in [-0.15, -0.1) is 0 Å². The molecule has 3 rings (SSSR count). The predicted octanol–water partition coefficient (Wildman–Crippen LogP) is 1.81. The van der Waals surface area contributed by atoms with Gasteiger partial charge in [-0.3, -0.25) is 4.98 Å². The minimum atomic E-state index is -1.04. The van der Waals surface area contributed by atoms with E-state index in [2.05, 4.69) is 9.97 Å². The number of carboxylic acid groups (broad SMARTS) is 1. The molecule has 8 nitrogen and oxygen atoms in total. The van der Waals surface area contributed by atoms with Crippen molar-refractivity contribution in [1.82, 2.24) is 9.97 Å². The van der Waals surface area contributed by atoms with Crippen LogP contribution >= 0.6 is 0 Å². The molecular weight excluding hydrogens is 316 g/mol. The molecule has 0 aliphatic carbocycles. The van der Waals surface area contributed by atoms with E-state index in [0.717, 1.165) is 0 Å². The molecule has 0 atom stereocenters. The second kappa shape index (κ2) is 7.24. The Kier molecular flexibility index (Phi) is 4.88. The first-order valence-electron chi connectivity index (χ1n) is 7.24. The van der Waals surface area contributed by atoms with Gasteiger partial charge >= 0.3 is 5.97 Å². The van der Waals surface area contributed by atoms with Gasteiger partial charge in [-0.2, -0.15) is 0 Å². The lowest BCUT2D eigenvalue weighted by molar-refractivity contribution is -0.0461. The van der Waals surface area contributed by atoms with Crippen molar-refractivity contribution >= 4 is 5.97 Å². The summed E-state index contributed by atoms with van der Waals surface area (Å²) in [6, 6.07) is 3.20. The van der Waals surface area contributed by atoms with Crippen LogP contribution in [-0.4, -0.2) is 41.4 Å². The summed E-state index contributed by atoms with van der Waals surface area (Å²) >= 11 is 0. The van der Waals surface area contributed by atoms with Gasteiger partial charge < -0.3 is 24.1 Å². The van der Waals surface area contributed by atoms with Crippen LogP contribution in [0.25, 0.3) is 0 Å². The van der Waals surface area contributed by atoms with Crippen LogP contribution in [0.15, 0.2) is 30.7 Å². The number of pyridine rings is 2. The van der Waals surface area contributed by atoms with E-state index in [4.69, 9.17) is 24.1 Å². The van der Waals surface area contributed by atoms with Crippen LogP contribution < -0.4 is 9.47 Å². The van der Waals surface area contributed by atoms with Crippen molar-refractivity contribution in [2.75, 3.05) is 20.3 Å². The lowest BCUT2D eigenvalue weighted by Crippen LogP contribution is -2.06. The van der Waals surface area contributed by atoms with Gasteiger partial charge in [-0.05, 0) is 6.07 Å². The molecule has 0 amide bonds. The number of ether oxygens (including phenoxy) is 4. The van der Waals surface area contributed by atoms with Crippen molar-refractivity contribution in [2.45, 2.75) is 12.9 Å². The number of carbonyl (C=O) groups is 1. The molecule has 0 aromatic carbocycles. The van der Waals surface area contributed by atoms with Crippen LogP contribution in [0.4, 0.5) is 0 Å². The molecule has 2 aromatic rings. The first-order chi connectivity index (χ1) is 11.7. The van der Waals surface area contributed by atoms with Gasteiger partial charge in [0.25, 0.3) is 0 Å². The van der Waals surface area contributed by atoms with E-state index in [1.54, 1.807) is 12.3 Å². The van der Waals surface area contributed by atoms with Crippen molar-refractivity contribution in [3.05, 3.63) is 47.4 Å². The van der Waals surface area contributed by atoms with Gasteiger partial charge in [0.2, 0.25) is 5.88 Å². The Bertz CT molecular complexity index is 730. The summed E-state index contributed by atoms with van der Waals surface area (Å²) in [6.07, 6.45) is 3.81. The smallest absolute Gasteiger partial charge is 0.337 e. The van der Waals surface area contributed by atoms with Gasteiger partial charge in [-0.25, -0.2) is 9.78 Å². The number of hydrogen-bond acceptors (Lipinski definition) is 7. The van der Waals surface area contributed by atoms with Gasteiger partial charge in [0, 0.05) is 24.0 Å². The Morgan fingerprint density at radius 1 is 1.29 bits per heavy atom. The minimum absolute atomic E-state index is 0.103. The maximum absolute atomic E-state index is 11.0. The first-order valence-corrected chi connectivity index (χ1v) is 7.24. The first kappa shape index (κ1) is 16.2. The van der Waals surface area contributed by atoms with Crippen LogP contribution in [0.3, 0.4) is 0 Å². The highest BCUT2D eigenvalue weighted by molar-refractivity contribution is 5.87. The highest BCUT2D eigenvalue weighted by Crippen LogP contribution is 2.33. The summed E-state index contributed by atoms with van der Waals surface area (Å²) < 4.78 is 21.9. The summed E-state index contributed by atoms with van der Waals surface area (Å²) in [4.78, 5) is 19.0. The molecule has 0 radical (unpaired) electrons. The predicted molar refractivity (Wildman–Crippen MR) is 81.0 cm³/mol. The van der Waals surface area contributed by atoms with Crippen molar-refractivity contribution in [3.8, 4) is 11.6 Å². The molecule has 0 unspecified atom stereocenters. The molecule has 0 spiro atoms. The zero-order chi connectivity index (χ0) is 16.9. The minimum Gasteiger partial charge on any atom is -0.487 e. The van der Waals surface area contributed by atoms with Crippen LogP contribution in [0.1, 0.15) is 27.8 Å². The average molecular weight is 332 g/mol. The number of aromatic nitrogens is 2. The summed E-state index contributed by atoms with van der Waals surface area (Å²) in [5.41, 5.74) is 1.40. The molecular formula is C16H16N2O6. The van der Waals surface area contributed by atoms with Gasteiger partial charge in [0.1, 0.15) is 12.4 Å². The zero-order valence-corrected chi connectivity index (χ0v) is 13.0. The fraction of sp³-hybridized carbons (Fsp3) is 0.312. The Morgan fingerprint density at radius 2 is 2.08 bits per heavy atom. The van der Waals surface area contributed by atoms with Gasteiger partial charge in [-0.1, -0.05) is 0 Å². The third-order valence-electron chi connectivity index (χ3n) is 3.39. The summed E-state index contributed by atoms with van der Waals surface area (Å²) in [6.45, 7) is 1.14. The summed E-state index contributed by atoms with van der Waals surface area (Å²) in [5.74, 6) is -0.140.